The molecule has 3 amide bonds. The number of benzene rings is 2. The number of fused-ring (bicyclic) bond motifs is 1. The Morgan fingerprint density at radius 3 is 2.73 bits per heavy atom. The number of carbonyl (C=O) groups excluding carboxylic acids is 2. The van der Waals surface area contributed by atoms with Crippen LogP contribution in [0.5, 0.6) is 0 Å². The molecule has 0 saturated carbocycles. The summed E-state index contributed by atoms with van der Waals surface area (Å²) in [6.07, 6.45) is 5.67. The number of nitrogens with zero attached hydrogens (tertiary/aromatic N) is 3. The van der Waals surface area contributed by atoms with E-state index in [4.69, 9.17) is 5.26 Å². The number of aryl methyl sites for hydroxylation is 1. The average Bonchev–Trinajstić information content (AvgIpc) is 3.35. The molecule has 0 radical (unpaired) electrons. The molecule has 30 heavy (non-hydrogen) atoms. The molecule has 1 aromatic heterocycles. The predicted molar refractivity (Wildman–Crippen MR) is 117 cm³/mol. The second-order valence-electron chi connectivity index (χ2n) is 6.96. The van der Waals surface area contributed by atoms with Gasteiger partial charge in [0.05, 0.1) is 12.5 Å². The van der Waals surface area contributed by atoms with Gasteiger partial charge < -0.3 is 15.2 Å². The molecule has 0 aliphatic carbocycles. The second kappa shape index (κ2) is 8.53. The van der Waals surface area contributed by atoms with Crippen molar-refractivity contribution in [1.29, 1.82) is 5.26 Å². The first-order chi connectivity index (χ1) is 14.7. The van der Waals surface area contributed by atoms with Gasteiger partial charge in [0.25, 0.3) is 0 Å². The summed E-state index contributed by atoms with van der Waals surface area (Å²) in [4.78, 5) is 25.8. The van der Waals surface area contributed by atoms with Crippen molar-refractivity contribution in [1.82, 2.24) is 9.88 Å². The fraction of sp³-hybridized carbons (Fsp3) is 0.174. The molecule has 7 heteroatoms. The van der Waals surface area contributed by atoms with Gasteiger partial charge in [-0.15, -0.1) is 0 Å². The van der Waals surface area contributed by atoms with Crippen LogP contribution in [-0.4, -0.2) is 29.6 Å². The Morgan fingerprint density at radius 2 is 2.00 bits per heavy atom. The van der Waals surface area contributed by atoms with Crippen LogP contribution < -0.4 is 15.5 Å². The van der Waals surface area contributed by atoms with E-state index >= 15 is 0 Å². The van der Waals surface area contributed by atoms with Gasteiger partial charge in [0.15, 0.2) is 0 Å². The number of hydrogen-bond donors (Lipinski definition) is 2. The largest absolute Gasteiger partial charge is 0.346 e. The Morgan fingerprint density at radius 1 is 1.20 bits per heavy atom. The van der Waals surface area contributed by atoms with Crippen molar-refractivity contribution in [3.05, 3.63) is 66.4 Å². The maximum absolute atomic E-state index is 12.4. The van der Waals surface area contributed by atoms with Crippen LogP contribution in [0.2, 0.25) is 0 Å². The van der Waals surface area contributed by atoms with Gasteiger partial charge in [-0.05, 0) is 36.4 Å². The van der Waals surface area contributed by atoms with Crippen molar-refractivity contribution >= 4 is 40.3 Å². The normalized spacial score (nSPS) is 13.6. The molecule has 0 bridgehead atoms. The second-order valence-corrected chi connectivity index (χ2v) is 6.96. The number of hydrogen-bond acceptors (Lipinski definition) is 3. The first-order valence-electron chi connectivity index (χ1n) is 9.75. The monoisotopic (exact) mass is 399 g/mol. The predicted octanol–water partition coefficient (Wildman–Crippen LogP) is 3.74. The molecule has 2 heterocycles. The maximum atomic E-state index is 12.4. The van der Waals surface area contributed by atoms with Crippen molar-refractivity contribution in [2.75, 3.05) is 23.3 Å². The van der Waals surface area contributed by atoms with Crippen molar-refractivity contribution in [3.63, 3.8) is 0 Å². The van der Waals surface area contributed by atoms with E-state index in [-0.39, 0.29) is 11.9 Å². The first-order valence-corrected chi connectivity index (χ1v) is 9.75. The molecule has 1 aliphatic rings. The van der Waals surface area contributed by atoms with Gasteiger partial charge >= 0.3 is 6.03 Å². The molecule has 1 fully saturated rings. The molecule has 3 aromatic rings. The van der Waals surface area contributed by atoms with E-state index < -0.39 is 0 Å². The van der Waals surface area contributed by atoms with Gasteiger partial charge in [0.2, 0.25) is 5.91 Å². The average molecular weight is 399 g/mol. The summed E-state index contributed by atoms with van der Waals surface area (Å²) in [5.41, 5.74) is 3.41. The standard InChI is InChI=1S/C23H21N5O2/c24-12-3-14-27-16-17(20-4-1-2-5-21(20)27)6-11-22(29)26-18-7-9-19(10-8-18)28-15-13-25-23(28)30/h1-2,4-11,16H,3,13-15H2,(H,25,30)(H,26,29)/b11-6+. The van der Waals surface area contributed by atoms with Crippen LogP contribution in [0, 0.1) is 11.3 Å². The Balaban J connectivity index is 1.45. The molecule has 0 unspecified atom stereocenters. The van der Waals surface area contributed by atoms with Crippen LogP contribution in [0.3, 0.4) is 0 Å². The summed E-state index contributed by atoms with van der Waals surface area (Å²) in [6.45, 7) is 1.88. The number of urea groups is 1. The van der Waals surface area contributed by atoms with Gasteiger partial charge in [0.1, 0.15) is 0 Å². The third kappa shape index (κ3) is 4.03. The van der Waals surface area contributed by atoms with Gasteiger partial charge in [0, 0.05) is 59.7 Å². The fourth-order valence-corrected chi connectivity index (χ4v) is 3.56. The third-order valence-corrected chi connectivity index (χ3v) is 5.00. The molecule has 1 saturated heterocycles. The SMILES string of the molecule is N#CCCn1cc(/C=C/C(=O)Nc2ccc(N3CCNC3=O)cc2)c2ccccc21. The summed E-state index contributed by atoms with van der Waals surface area (Å²) < 4.78 is 2.03. The summed E-state index contributed by atoms with van der Waals surface area (Å²) in [6, 6.07) is 17.2. The summed E-state index contributed by atoms with van der Waals surface area (Å²) in [5, 5.41) is 15.5. The number of rotatable bonds is 6. The summed E-state index contributed by atoms with van der Waals surface area (Å²) >= 11 is 0. The van der Waals surface area contributed by atoms with E-state index in [2.05, 4.69) is 16.7 Å². The summed E-state index contributed by atoms with van der Waals surface area (Å²) in [7, 11) is 0. The lowest BCUT2D eigenvalue weighted by Crippen LogP contribution is -2.27. The zero-order valence-corrected chi connectivity index (χ0v) is 16.3. The van der Waals surface area contributed by atoms with Crippen molar-refractivity contribution < 1.29 is 9.59 Å². The number of nitriles is 1. The number of carbonyl (C=O) groups is 2. The molecular weight excluding hydrogens is 378 g/mol. The molecule has 0 spiro atoms. The molecule has 2 aromatic carbocycles. The minimum absolute atomic E-state index is 0.108. The molecule has 2 N–H and O–H groups in total. The van der Waals surface area contributed by atoms with Crippen LogP contribution in [0.4, 0.5) is 16.2 Å². The smallest absolute Gasteiger partial charge is 0.321 e. The number of para-hydroxylation sites is 1. The molecule has 0 atom stereocenters. The third-order valence-electron chi connectivity index (χ3n) is 5.00. The molecule has 150 valence electrons. The minimum Gasteiger partial charge on any atom is -0.346 e. The van der Waals surface area contributed by atoms with E-state index in [9.17, 15) is 9.59 Å². The Kier molecular flexibility index (Phi) is 5.48. The van der Waals surface area contributed by atoms with Gasteiger partial charge in [-0.25, -0.2) is 4.79 Å². The van der Waals surface area contributed by atoms with E-state index in [1.807, 2.05) is 47.2 Å². The zero-order chi connectivity index (χ0) is 20.9. The van der Waals surface area contributed by atoms with E-state index in [0.29, 0.717) is 31.7 Å². The molecular formula is C23H21N5O2. The van der Waals surface area contributed by atoms with Crippen molar-refractivity contribution in [2.24, 2.45) is 0 Å². The van der Waals surface area contributed by atoms with E-state index in [1.54, 1.807) is 23.1 Å². The zero-order valence-electron chi connectivity index (χ0n) is 16.3. The van der Waals surface area contributed by atoms with Gasteiger partial charge in [-0.2, -0.15) is 5.26 Å². The number of anilines is 2. The molecule has 7 nitrogen and oxygen atoms in total. The first kappa shape index (κ1) is 19.3. The lowest BCUT2D eigenvalue weighted by molar-refractivity contribution is -0.111. The maximum Gasteiger partial charge on any atom is 0.321 e. The summed E-state index contributed by atoms with van der Waals surface area (Å²) in [5.74, 6) is -0.240. The highest BCUT2D eigenvalue weighted by atomic mass is 16.2. The Hall–Kier alpha value is -4.05. The highest BCUT2D eigenvalue weighted by molar-refractivity contribution is 6.03. The van der Waals surface area contributed by atoms with Gasteiger partial charge in [-0.1, -0.05) is 18.2 Å². The van der Waals surface area contributed by atoms with Crippen LogP contribution in [0.1, 0.15) is 12.0 Å². The minimum atomic E-state index is -0.240. The Bertz CT molecular complexity index is 1150. The lowest BCUT2D eigenvalue weighted by Gasteiger charge is -2.14. The highest BCUT2D eigenvalue weighted by Crippen LogP contribution is 2.23. The number of aromatic nitrogens is 1. The Labute approximate surface area is 174 Å². The fourth-order valence-electron chi connectivity index (χ4n) is 3.56. The lowest BCUT2D eigenvalue weighted by atomic mass is 10.1. The van der Waals surface area contributed by atoms with Crippen LogP contribution in [-0.2, 0) is 11.3 Å². The molecule has 1 aliphatic heterocycles. The topological polar surface area (TPSA) is 90.2 Å². The van der Waals surface area contributed by atoms with E-state index in [0.717, 1.165) is 22.2 Å². The van der Waals surface area contributed by atoms with E-state index in [1.165, 1.54) is 6.08 Å². The van der Waals surface area contributed by atoms with Gasteiger partial charge in [-0.3, -0.25) is 9.69 Å². The number of nitrogens with one attached hydrogen (secondary N) is 2. The molecule has 4 rings (SSSR count). The van der Waals surface area contributed by atoms with Crippen LogP contribution in [0.15, 0.2) is 60.8 Å². The van der Waals surface area contributed by atoms with Crippen molar-refractivity contribution in [3.8, 4) is 6.07 Å². The highest BCUT2D eigenvalue weighted by Gasteiger charge is 2.20. The quantitative estimate of drug-likeness (QED) is 0.619. The van der Waals surface area contributed by atoms with Crippen molar-refractivity contribution in [2.45, 2.75) is 13.0 Å². The van der Waals surface area contributed by atoms with Crippen LogP contribution in [0.25, 0.3) is 17.0 Å². The number of amides is 3. The van der Waals surface area contributed by atoms with Crippen LogP contribution >= 0.6 is 0 Å².